The number of aryl methyl sites for hydroxylation is 1. The van der Waals surface area contributed by atoms with Crippen molar-refractivity contribution in [2.75, 3.05) is 6.61 Å². The van der Waals surface area contributed by atoms with Gasteiger partial charge in [-0.25, -0.2) is 9.07 Å². The topological polar surface area (TPSA) is 91.4 Å². The number of ether oxygens (including phenoxy) is 1. The van der Waals surface area contributed by atoms with Crippen LogP contribution in [0.2, 0.25) is 0 Å². The van der Waals surface area contributed by atoms with Gasteiger partial charge in [-0.05, 0) is 55.3 Å². The van der Waals surface area contributed by atoms with Gasteiger partial charge in [0.15, 0.2) is 11.6 Å². The zero-order valence-corrected chi connectivity index (χ0v) is 23.8. The Morgan fingerprint density at radius 1 is 1.00 bits per heavy atom. The molecule has 0 amide bonds. The first-order valence-electron chi connectivity index (χ1n) is 13.5. The van der Waals surface area contributed by atoms with Crippen molar-refractivity contribution in [3.05, 3.63) is 132 Å². The number of hydrogen-bond acceptors (Lipinski definition) is 7. The molecule has 0 spiro atoms. The molecular weight excluding hydrogens is 553 g/mol. The van der Waals surface area contributed by atoms with Crippen LogP contribution in [0.5, 0.6) is 5.75 Å². The van der Waals surface area contributed by atoms with Gasteiger partial charge in [0.05, 0.1) is 16.8 Å². The average molecular weight is 580 g/mol. The molecule has 0 radical (unpaired) electrons. The Balaban J connectivity index is 1.45. The van der Waals surface area contributed by atoms with Crippen molar-refractivity contribution in [3.8, 4) is 22.7 Å². The van der Waals surface area contributed by atoms with Crippen LogP contribution in [-0.2, 0) is 6.42 Å². The molecule has 6 aromatic rings. The maximum atomic E-state index is 14.9. The summed E-state index contributed by atoms with van der Waals surface area (Å²) in [4.78, 5) is 30.6. The summed E-state index contributed by atoms with van der Waals surface area (Å²) in [6, 6.07) is 22.0. The highest BCUT2D eigenvalue weighted by Crippen LogP contribution is 2.28. The van der Waals surface area contributed by atoms with Gasteiger partial charge in [0.25, 0.3) is 11.1 Å². The van der Waals surface area contributed by atoms with Crippen molar-refractivity contribution in [2.45, 2.75) is 26.7 Å². The van der Waals surface area contributed by atoms with Crippen molar-refractivity contribution in [1.29, 1.82) is 0 Å². The predicted molar refractivity (Wildman–Crippen MR) is 161 cm³/mol. The minimum absolute atomic E-state index is 0.170. The van der Waals surface area contributed by atoms with Gasteiger partial charge in [0, 0.05) is 23.7 Å². The van der Waals surface area contributed by atoms with Crippen molar-refractivity contribution >= 4 is 22.4 Å². The fraction of sp³-hybridized carbons (Fsp3) is 0.156. The van der Waals surface area contributed by atoms with Gasteiger partial charge in [0.1, 0.15) is 11.4 Å². The Labute approximate surface area is 244 Å². The number of halogens is 1. The van der Waals surface area contributed by atoms with Gasteiger partial charge in [0.2, 0.25) is 4.96 Å². The second-order valence-corrected chi connectivity index (χ2v) is 10.9. The summed E-state index contributed by atoms with van der Waals surface area (Å²) in [5, 5.41) is 9.11. The number of thiazole rings is 1. The lowest BCUT2D eigenvalue weighted by molar-refractivity contribution is 0.301. The first-order valence-corrected chi connectivity index (χ1v) is 14.3. The van der Waals surface area contributed by atoms with E-state index in [4.69, 9.17) is 9.84 Å². The summed E-state index contributed by atoms with van der Waals surface area (Å²) < 4.78 is 23.6. The lowest BCUT2D eigenvalue weighted by atomic mass is 10.1. The van der Waals surface area contributed by atoms with Crippen LogP contribution in [0.25, 0.3) is 28.0 Å². The van der Waals surface area contributed by atoms with Crippen molar-refractivity contribution in [3.63, 3.8) is 0 Å². The van der Waals surface area contributed by atoms with Gasteiger partial charge in [-0.1, -0.05) is 66.3 Å². The fourth-order valence-corrected chi connectivity index (χ4v) is 5.40. The lowest BCUT2D eigenvalue weighted by Crippen LogP contribution is -2.28. The van der Waals surface area contributed by atoms with E-state index in [1.807, 2.05) is 68.4 Å². The third-order valence-electron chi connectivity index (χ3n) is 6.66. The molecule has 0 bridgehead atoms. The first-order chi connectivity index (χ1) is 20.4. The predicted octanol–water partition coefficient (Wildman–Crippen LogP) is 4.74. The maximum absolute atomic E-state index is 14.9. The van der Waals surface area contributed by atoms with E-state index in [1.54, 1.807) is 29.1 Å². The molecule has 0 saturated heterocycles. The number of fused-ring (bicyclic) bond motifs is 1. The van der Waals surface area contributed by atoms with E-state index >= 15 is 0 Å². The molecule has 3 aromatic heterocycles. The summed E-state index contributed by atoms with van der Waals surface area (Å²) >= 11 is 1.06. The molecule has 0 saturated carbocycles. The van der Waals surface area contributed by atoms with Crippen LogP contribution < -0.4 is 20.4 Å². The highest BCUT2D eigenvalue weighted by molar-refractivity contribution is 7.15. The molecule has 0 fully saturated rings. The first kappa shape index (κ1) is 27.2. The normalized spacial score (nSPS) is 11.8. The zero-order chi connectivity index (χ0) is 29.2. The Kier molecular flexibility index (Phi) is 7.45. The summed E-state index contributed by atoms with van der Waals surface area (Å²) in [5.74, 6) is -0.330. The molecule has 10 heteroatoms. The number of rotatable bonds is 8. The fourth-order valence-electron chi connectivity index (χ4n) is 4.50. The monoisotopic (exact) mass is 579 g/mol. The molecule has 0 aliphatic rings. The molecule has 0 aliphatic heterocycles. The molecule has 0 atom stereocenters. The van der Waals surface area contributed by atoms with Crippen molar-refractivity contribution in [2.24, 2.45) is 0 Å². The largest absolute Gasteiger partial charge is 0.491 e. The molecular formula is C32H26FN5O3S. The van der Waals surface area contributed by atoms with Crippen LogP contribution >= 0.6 is 11.3 Å². The Bertz CT molecular complexity index is 2070. The third-order valence-corrected chi connectivity index (χ3v) is 7.62. The summed E-state index contributed by atoms with van der Waals surface area (Å²) in [6.07, 6.45) is 4.48. The molecule has 6 rings (SSSR count). The Morgan fingerprint density at radius 2 is 1.79 bits per heavy atom. The number of para-hydroxylation sites is 1. The van der Waals surface area contributed by atoms with Crippen LogP contribution in [0.3, 0.4) is 0 Å². The van der Waals surface area contributed by atoms with Gasteiger partial charge in [-0.2, -0.15) is 19.7 Å². The van der Waals surface area contributed by atoms with Crippen LogP contribution in [0.15, 0.2) is 88.6 Å². The van der Waals surface area contributed by atoms with Crippen LogP contribution in [-0.4, -0.2) is 31.0 Å². The van der Waals surface area contributed by atoms with E-state index in [0.29, 0.717) is 28.0 Å². The summed E-state index contributed by atoms with van der Waals surface area (Å²) in [5.41, 5.74) is 3.72. The molecule has 42 heavy (non-hydrogen) atoms. The van der Waals surface area contributed by atoms with Crippen LogP contribution in [0.4, 0.5) is 4.39 Å². The number of benzene rings is 3. The molecule has 210 valence electrons. The third kappa shape index (κ3) is 5.48. The second-order valence-electron chi connectivity index (χ2n) is 9.84. The van der Waals surface area contributed by atoms with E-state index in [-0.39, 0.29) is 22.8 Å². The lowest BCUT2D eigenvalue weighted by Gasteiger charge is -2.07. The molecule has 0 unspecified atom stereocenters. The maximum Gasteiger partial charge on any atom is 0.296 e. The Morgan fingerprint density at radius 3 is 2.52 bits per heavy atom. The summed E-state index contributed by atoms with van der Waals surface area (Å²) in [6.45, 7) is 4.35. The average Bonchev–Trinajstić information content (AvgIpc) is 3.55. The summed E-state index contributed by atoms with van der Waals surface area (Å²) in [7, 11) is 0. The van der Waals surface area contributed by atoms with Crippen LogP contribution in [0, 0.1) is 12.7 Å². The Hall–Kier alpha value is -4.96. The van der Waals surface area contributed by atoms with E-state index in [1.165, 1.54) is 10.6 Å². The van der Waals surface area contributed by atoms with Gasteiger partial charge < -0.3 is 4.74 Å². The highest BCUT2D eigenvalue weighted by atomic mass is 32.1. The SMILES string of the molecule is CCCOc1ccc(-c2nn(-c3ccccc3)cc2/C=c2\sc3nc(=O)c(Cc4ccc(C)cc4)nn3c2=O)cc1F. The standard InChI is InChI=1S/C32H26FN5O3S/c1-3-15-41-27-14-13-22(17-25(27)33)29-23(19-37(36-29)24-7-5-4-6-8-24)18-28-31(40)38-32(42-28)34-30(39)26(35-38)16-21-11-9-20(2)10-12-21/h4-14,17-19H,3,15-16H2,1-2H3/b28-18-. The second kappa shape index (κ2) is 11.5. The molecule has 8 nitrogen and oxygen atoms in total. The number of nitrogens with zero attached hydrogens (tertiary/aromatic N) is 5. The smallest absolute Gasteiger partial charge is 0.296 e. The number of hydrogen-bond donors (Lipinski definition) is 0. The quantitative estimate of drug-likeness (QED) is 0.259. The minimum atomic E-state index is -0.499. The zero-order valence-electron chi connectivity index (χ0n) is 23.0. The van der Waals surface area contributed by atoms with E-state index in [9.17, 15) is 14.0 Å². The molecule has 0 N–H and O–H groups in total. The molecule has 0 aliphatic carbocycles. The van der Waals surface area contributed by atoms with Gasteiger partial charge in [-0.15, -0.1) is 0 Å². The van der Waals surface area contributed by atoms with E-state index in [2.05, 4.69) is 10.1 Å². The van der Waals surface area contributed by atoms with Gasteiger partial charge in [-0.3, -0.25) is 9.59 Å². The van der Waals surface area contributed by atoms with Crippen molar-refractivity contribution in [1.82, 2.24) is 24.4 Å². The van der Waals surface area contributed by atoms with Crippen LogP contribution in [0.1, 0.15) is 35.7 Å². The molecule has 3 aromatic carbocycles. The number of aromatic nitrogens is 5. The van der Waals surface area contributed by atoms with Crippen molar-refractivity contribution < 1.29 is 9.13 Å². The minimum Gasteiger partial charge on any atom is -0.491 e. The van der Waals surface area contributed by atoms with E-state index in [0.717, 1.165) is 34.6 Å². The van der Waals surface area contributed by atoms with Gasteiger partial charge >= 0.3 is 0 Å². The molecule has 3 heterocycles. The van der Waals surface area contributed by atoms with E-state index < -0.39 is 16.9 Å². The highest BCUT2D eigenvalue weighted by Gasteiger charge is 2.16.